The number of nitrogens with zero attached hydrogens (tertiary/aromatic N) is 3. The van der Waals surface area contributed by atoms with Crippen LogP contribution < -0.4 is 0 Å². The van der Waals surface area contributed by atoms with Gasteiger partial charge in [0.1, 0.15) is 5.69 Å². The molecule has 0 saturated heterocycles. The summed E-state index contributed by atoms with van der Waals surface area (Å²) in [5.74, 6) is -0.445. The van der Waals surface area contributed by atoms with Gasteiger partial charge in [-0.1, -0.05) is 6.07 Å². The van der Waals surface area contributed by atoms with Crippen molar-refractivity contribution < 1.29 is 9.53 Å². The number of esters is 1. The number of ether oxygens (including phenoxy) is 1. The number of hydrogen-bond acceptors (Lipinski definition) is 5. The molecular formula is C13H10N4O2. The lowest BCUT2D eigenvalue weighted by atomic mass is 10.1. The third-order valence-corrected chi connectivity index (χ3v) is 2.75. The minimum atomic E-state index is -0.445. The number of fused-ring (bicyclic) bond motifs is 1. The Balaban J connectivity index is 2.04. The van der Waals surface area contributed by atoms with E-state index in [0.717, 1.165) is 16.6 Å². The van der Waals surface area contributed by atoms with Crippen LogP contribution in [0.4, 0.5) is 0 Å². The molecule has 3 aromatic rings. The van der Waals surface area contributed by atoms with Gasteiger partial charge in [-0.2, -0.15) is 5.10 Å². The van der Waals surface area contributed by atoms with E-state index in [2.05, 4.69) is 24.9 Å². The molecule has 0 saturated carbocycles. The van der Waals surface area contributed by atoms with Crippen LogP contribution in [0.25, 0.3) is 22.3 Å². The highest BCUT2D eigenvalue weighted by molar-refractivity contribution is 5.89. The van der Waals surface area contributed by atoms with Crippen LogP contribution >= 0.6 is 0 Å². The van der Waals surface area contributed by atoms with Crippen molar-refractivity contribution in [1.82, 2.24) is 20.2 Å². The van der Waals surface area contributed by atoms with Crippen LogP contribution in [0.1, 0.15) is 10.5 Å². The Labute approximate surface area is 108 Å². The summed E-state index contributed by atoms with van der Waals surface area (Å²) in [7, 11) is 1.33. The van der Waals surface area contributed by atoms with Gasteiger partial charge >= 0.3 is 5.97 Å². The van der Waals surface area contributed by atoms with Gasteiger partial charge in [0.05, 0.1) is 23.8 Å². The summed E-state index contributed by atoms with van der Waals surface area (Å²) in [5.41, 5.74) is 3.43. The first-order chi connectivity index (χ1) is 9.28. The molecule has 6 nitrogen and oxygen atoms in total. The average molecular weight is 254 g/mol. The normalized spacial score (nSPS) is 10.6. The van der Waals surface area contributed by atoms with E-state index in [1.165, 1.54) is 7.11 Å². The summed E-state index contributed by atoms with van der Waals surface area (Å²) < 4.78 is 4.62. The molecule has 0 atom stereocenters. The molecule has 0 amide bonds. The number of rotatable bonds is 2. The van der Waals surface area contributed by atoms with Crippen molar-refractivity contribution in [2.45, 2.75) is 0 Å². The van der Waals surface area contributed by atoms with E-state index >= 15 is 0 Å². The second kappa shape index (κ2) is 4.49. The van der Waals surface area contributed by atoms with Crippen molar-refractivity contribution >= 4 is 17.0 Å². The van der Waals surface area contributed by atoms with Crippen LogP contribution in [0.5, 0.6) is 0 Å². The summed E-state index contributed by atoms with van der Waals surface area (Å²) in [4.78, 5) is 19.8. The summed E-state index contributed by atoms with van der Waals surface area (Å²) >= 11 is 0. The van der Waals surface area contributed by atoms with Gasteiger partial charge in [-0.05, 0) is 18.2 Å². The van der Waals surface area contributed by atoms with Gasteiger partial charge < -0.3 is 4.74 Å². The molecule has 0 aliphatic carbocycles. The summed E-state index contributed by atoms with van der Waals surface area (Å²) in [6, 6.07) is 7.27. The van der Waals surface area contributed by atoms with Gasteiger partial charge in [0, 0.05) is 18.0 Å². The Kier molecular flexibility index (Phi) is 2.68. The number of methoxy groups -OCH3 is 1. The first-order valence-corrected chi connectivity index (χ1v) is 5.63. The molecule has 0 radical (unpaired) electrons. The fraction of sp³-hybridized carbons (Fsp3) is 0.0769. The highest BCUT2D eigenvalue weighted by Gasteiger charge is 2.11. The van der Waals surface area contributed by atoms with Crippen molar-refractivity contribution in [3.05, 3.63) is 42.4 Å². The van der Waals surface area contributed by atoms with Crippen LogP contribution in [0.2, 0.25) is 0 Å². The zero-order valence-corrected chi connectivity index (χ0v) is 10.1. The van der Waals surface area contributed by atoms with Crippen LogP contribution in [0, 0.1) is 0 Å². The zero-order chi connectivity index (χ0) is 13.2. The molecule has 0 aliphatic heterocycles. The van der Waals surface area contributed by atoms with Crippen molar-refractivity contribution in [2.75, 3.05) is 7.11 Å². The minimum Gasteiger partial charge on any atom is -0.464 e. The third kappa shape index (κ3) is 2.03. The van der Waals surface area contributed by atoms with E-state index in [0.29, 0.717) is 11.4 Å². The molecule has 1 aromatic carbocycles. The maximum Gasteiger partial charge on any atom is 0.356 e. The van der Waals surface area contributed by atoms with Crippen molar-refractivity contribution in [3.63, 3.8) is 0 Å². The number of carbonyl (C=O) groups is 1. The molecule has 19 heavy (non-hydrogen) atoms. The number of aromatic nitrogens is 4. The van der Waals surface area contributed by atoms with E-state index in [1.54, 1.807) is 18.5 Å². The van der Waals surface area contributed by atoms with Gasteiger partial charge in [-0.15, -0.1) is 0 Å². The molecule has 94 valence electrons. The van der Waals surface area contributed by atoms with Gasteiger partial charge in [-0.3, -0.25) is 15.1 Å². The van der Waals surface area contributed by atoms with E-state index in [1.807, 2.05) is 18.2 Å². The molecule has 0 aliphatic rings. The lowest BCUT2D eigenvalue weighted by molar-refractivity contribution is 0.0594. The lowest BCUT2D eigenvalue weighted by Crippen LogP contribution is -2.00. The Morgan fingerprint density at radius 2 is 1.95 bits per heavy atom. The zero-order valence-electron chi connectivity index (χ0n) is 10.1. The number of nitrogens with one attached hydrogen (secondary N) is 1. The van der Waals surface area contributed by atoms with Crippen LogP contribution in [-0.4, -0.2) is 33.2 Å². The summed E-state index contributed by atoms with van der Waals surface area (Å²) in [5, 5.41) is 6.73. The predicted octanol–water partition coefficient (Wildman–Crippen LogP) is 1.81. The predicted molar refractivity (Wildman–Crippen MR) is 68.5 cm³/mol. The molecule has 2 aromatic heterocycles. The van der Waals surface area contributed by atoms with E-state index in [9.17, 15) is 4.79 Å². The molecule has 0 spiro atoms. The topological polar surface area (TPSA) is 80.8 Å². The van der Waals surface area contributed by atoms with Crippen molar-refractivity contribution in [1.29, 1.82) is 0 Å². The van der Waals surface area contributed by atoms with E-state index in [-0.39, 0.29) is 0 Å². The minimum absolute atomic E-state index is 0.316. The van der Waals surface area contributed by atoms with Gasteiger partial charge in [0.25, 0.3) is 0 Å². The Bertz CT molecular complexity index is 751. The fourth-order valence-electron chi connectivity index (χ4n) is 1.81. The third-order valence-electron chi connectivity index (χ3n) is 2.75. The molecule has 0 fully saturated rings. The second-order valence-corrected chi connectivity index (χ2v) is 3.92. The molecule has 6 heteroatoms. The standard InChI is InChI=1S/C13H10N4O2/c1-19-13(18)12-7-10(16-17-12)8-2-3-9-11(6-8)15-5-4-14-9/h2-7H,1H3,(H,16,17). The SMILES string of the molecule is COC(=O)c1cc(-c2ccc3nccnc3c2)n[nH]1. The van der Waals surface area contributed by atoms with Crippen LogP contribution in [0.3, 0.4) is 0 Å². The van der Waals surface area contributed by atoms with E-state index < -0.39 is 5.97 Å². The van der Waals surface area contributed by atoms with Gasteiger partial charge in [0.15, 0.2) is 0 Å². The Hall–Kier alpha value is -2.76. The van der Waals surface area contributed by atoms with Crippen molar-refractivity contribution in [3.8, 4) is 11.3 Å². The van der Waals surface area contributed by atoms with Gasteiger partial charge in [-0.25, -0.2) is 4.79 Å². The molecular weight excluding hydrogens is 244 g/mol. The maximum absolute atomic E-state index is 11.4. The summed E-state index contributed by atoms with van der Waals surface area (Å²) in [6.07, 6.45) is 3.28. The second-order valence-electron chi connectivity index (χ2n) is 3.92. The van der Waals surface area contributed by atoms with Crippen molar-refractivity contribution in [2.24, 2.45) is 0 Å². The fourth-order valence-corrected chi connectivity index (χ4v) is 1.81. The summed E-state index contributed by atoms with van der Waals surface area (Å²) in [6.45, 7) is 0. The number of aromatic amines is 1. The number of hydrogen-bond donors (Lipinski definition) is 1. The molecule has 3 rings (SSSR count). The molecule has 0 unspecified atom stereocenters. The Morgan fingerprint density at radius 1 is 1.16 bits per heavy atom. The largest absolute Gasteiger partial charge is 0.464 e. The molecule has 1 N–H and O–H groups in total. The van der Waals surface area contributed by atoms with Gasteiger partial charge in [0.2, 0.25) is 0 Å². The van der Waals surface area contributed by atoms with E-state index in [4.69, 9.17) is 0 Å². The highest BCUT2D eigenvalue weighted by atomic mass is 16.5. The monoisotopic (exact) mass is 254 g/mol. The number of benzene rings is 1. The van der Waals surface area contributed by atoms with Crippen LogP contribution in [-0.2, 0) is 4.74 Å². The first kappa shape index (κ1) is 11.3. The molecule has 2 heterocycles. The highest BCUT2D eigenvalue weighted by Crippen LogP contribution is 2.21. The molecule has 0 bridgehead atoms. The Morgan fingerprint density at radius 3 is 2.74 bits per heavy atom. The first-order valence-electron chi connectivity index (χ1n) is 5.63. The number of carbonyl (C=O) groups excluding carboxylic acids is 1. The smallest absolute Gasteiger partial charge is 0.356 e. The average Bonchev–Trinajstić information content (AvgIpc) is 2.95. The number of H-pyrrole nitrogens is 1. The lowest BCUT2D eigenvalue weighted by Gasteiger charge is -1.98. The quantitative estimate of drug-likeness (QED) is 0.705. The maximum atomic E-state index is 11.4. The van der Waals surface area contributed by atoms with Crippen LogP contribution in [0.15, 0.2) is 36.7 Å².